The van der Waals surface area contributed by atoms with E-state index in [0.717, 1.165) is 45.9 Å². The van der Waals surface area contributed by atoms with E-state index < -0.39 is 12.2 Å². The summed E-state index contributed by atoms with van der Waals surface area (Å²) in [6.07, 6.45) is 4.18. The highest BCUT2D eigenvalue weighted by atomic mass is 32.2. The minimum Gasteiger partial charge on any atom is -0.492 e. The van der Waals surface area contributed by atoms with Crippen LogP contribution in [0.5, 0.6) is 5.75 Å². The normalized spacial score (nSPS) is 24.7. The Morgan fingerprint density at radius 1 is 1.12 bits per heavy atom. The van der Waals surface area contributed by atoms with Crippen LogP contribution in [0.4, 0.5) is 5.82 Å². The number of ether oxygens (including phenoxy) is 1. The van der Waals surface area contributed by atoms with Gasteiger partial charge in [0, 0.05) is 29.6 Å². The SMILES string of the molecule is Cc1ncnc2c1ccn2[C@@H]1S[C@H](COc2ccc3ccc(NCC4CC4)nc3c2)[C@@H](O)[C@H]1O. The molecule has 2 aliphatic rings. The molecule has 0 spiro atoms. The minimum atomic E-state index is -0.928. The number of pyridine rings is 1. The van der Waals surface area contributed by atoms with Gasteiger partial charge in [0.25, 0.3) is 0 Å². The van der Waals surface area contributed by atoms with Crippen molar-refractivity contribution in [2.75, 3.05) is 18.5 Å². The highest BCUT2D eigenvalue weighted by molar-refractivity contribution is 8.00. The quantitative estimate of drug-likeness (QED) is 0.371. The third-order valence-corrected chi connectivity index (χ3v) is 8.22. The highest BCUT2D eigenvalue weighted by Gasteiger charge is 2.44. The fourth-order valence-corrected chi connectivity index (χ4v) is 5.88. The Labute approximate surface area is 201 Å². The number of nitrogens with zero attached hydrogens (tertiary/aromatic N) is 4. The summed E-state index contributed by atoms with van der Waals surface area (Å²) >= 11 is 1.50. The number of aromatic nitrogens is 4. The Morgan fingerprint density at radius 3 is 2.82 bits per heavy atom. The lowest BCUT2D eigenvalue weighted by Crippen LogP contribution is -2.34. The number of thioether (sulfide) groups is 1. The molecular formula is C25H27N5O3S. The van der Waals surface area contributed by atoms with Crippen molar-refractivity contribution in [2.45, 2.75) is 42.6 Å². The van der Waals surface area contributed by atoms with Gasteiger partial charge in [0.05, 0.1) is 22.6 Å². The second-order valence-corrected chi connectivity index (χ2v) is 10.5. The number of aryl methyl sites for hydroxylation is 1. The molecule has 2 fully saturated rings. The Bertz CT molecular complexity index is 1340. The minimum absolute atomic E-state index is 0.276. The number of aliphatic hydroxyl groups excluding tert-OH is 2. The van der Waals surface area contributed by atoms with Crippen molar-refractivity contribution in [3.05, 3.63) is 54.6 Å². The number of anilines is 1. The molecule has 34 heavy (non-hydrogen) atoms. The number of aliphatic hydroxyl groups is 2. The van der Waals surface area contributed by atoms with Crippen molar-refractivity contribution < 1.29 is 14.9 Å². The lowest BCUT2D eigenvalue weighted by atomic mass is 10.1. The fraction of sp³-hybridized carbons (Fsp3) is 0.400. The third-order valence-electron chi connectivity index (χ3n) is 6.67. The lowest BCUT2D eigenvalue weighted by Gasteiger charge is -2.17. The van der Waals surface area contributed by atoms with Crippen molar-refractivity contribution in [1.82, 2.24) is 19.5 Å². The molecule has 1 saturated carbocycles. The van der Waals surface area contributed by atoms with Gasteiger partial charge >= 0.3 is 0 Å². The first-order valence-corrected chi connectivity index (χ1v) is 12.6. The number of rotatable bonds is 7. The molecule has 176 valence electrons. The highest BCUT2D eigenvalue weighted by Crippen LogP contribution is 2.43. The summed E-state index contributed by atoms with van der Waals surface area (Å²) in [7, 11) is 0. The van der Waals surface area contributed by atoms with Crippen LogP contribution >= 0.6 is 11.8 Å². The molecular weight excluding hydrogens is 450 g/mol. The van der Waals surface area contributed by atoms with Crippen LogP contribution in [-0.4, -0.2) is 60.3 Å². The summed E-state index contributed by atoms with van der Waals surface area (Å²) in [5.41, 5.74) is 2.51. The van der Waals surface area contributed by atoms with E-state index in [1.165, 1.54) is 30.9 Å². The molecule has 1 aliphatic carbocycles. The summed E-state index contributed by atoms with van der Waals surface area (Å²) in [6, 6.07) is 11.9. The second-order valence-electron chi connectivity index (χ2n) is 9.15. The smallest absolute Gasteiger partial charge is 0.144 e. The average molecular weight is 478 g/mol. The molecule has 1 aliphatic heterocycles. The molecule has 0 bridgehead atoms. The standard InChI is InChI=1S/C25H27N5O3S/c1-14-18-8-9-30(24(18)28-13-27-14)25-23(32)22(31)20(34-25)12-33-17-6-4-16-5-7-21(29-19(16)10-17)26-11-15-2-3-15/h4-10,13,15,20,22-23,25,31-32H,2-3,11-12H2,1H3,(H,26,29)/t20-,22-,23-,25-/m1/s1. The number of benzene rings is 1. The zero-order chi connectivity index (χ0) is 23.2. The number of fused-ring (bicyclic) bond motifs is 2. The van der Waals surface area contributed by atoms with Gasteiger partial charge in [-0.1, -0.05) is 0 Å². The van der Waals surface area contributed by atoms with Crippen molar-refractivity contribution in [3.63, 3.8) is 0 Å². The summed E-state index contributed by atoms with van der Waals surface area (Å²) in [5, 5.41) is 26.3. The van der Waals surface area contributed by atoms with E-state index in [0.29, 0.717) is 5.75 Å². The average Bonchev–Trinajstić information content (AvgIpc) is 3.52. The van der Waals surface area contributed by atoms with Gasteiger partial charge in [0.2, 0.25) is 0 Å². The van der Waals surface area contributed by atoms with Gasteiger partial charge in [-0.3, -0.25) is 0 Å². The van der Waals surface area contributed by atoms with Crippen LogP contribution in [0.3, 0.4) is 0 Å². The van der Waals surface area contributed by atoms with Gasteiger partial charge in [-0.25, -0.2) is 15.0 Å². The van der Waals surface area contributed by atoms with Gasteiger partial charge in [-0.05, 0) is 56.0 Å². The zero-order valence-electron chi connectivity index (χ0n) is 18.8. The Hall–Kier alpha value is -2.88. The van der Waals surface area contributed by atoms with Crippen LogP contribution < -0.4 is 10.1 Å². The summed E-state index contributed by atoms with van der Waals surface area (Å²) in [6.45, 7) is 3.18. The Morgan fingerprint density at radius 2 is 1.97 bits per heavy atom. The zero-order valence-corrected chi connectivity index (χ0v) is 19.7. The van der Waals surface area contributed by atoms with Crippen molar-refractivity contribution >= 4 is 39.5 Å². The molecule has 4 atom stereocenters. The molecule has 0 amide bonds. The summed E-state index contributed by atoms with van der Waals surface area (Å²) < 4.78 is 7.97. The molecule has 9 heteroatoms. The molecule has 1 saturated heterocycles. The maximum Gasteiger partial charge on any atom is 0.144 e. The first-order valence-electron chi connectivity index (χ1n) is 11.6. The second kappa shape index (κ2) is 8.72. The summed E-state index contributed by atoms with van der Waals surface area (Å²) in [4.78, 5) is 13.3. The third kappa shape index (κ3) is 4.08. The molecule has 0 radical (unpaired) electrons. The predicted octanol–water partition coefficient (Wildman–Crippen LogP) is 3.52. The van der Waals surface area contributed by atoms with Crippen LogP contribution in [0.2, 0.25) is 0 Å². The van der Waals surface area contributed by atoms with Gasteiger partial charge in [0.1, 0.15) is 41.6 Å². The Balaban J connectivity index is 1.15. The predicted molar refractivity (Wildman–Crippen MR) is 133 cm³/mol. The van der Waals surface area contributed by atoms with Gasteiger partial charge in [-0.15, -0.1) is 11.8 Å². The van der Waals surface area contributed by atoms with E-state index in [-0.39, 0.29) is 17.2 Å². The molecule has 4 aromatic rings. The van der Waals surface area contributed by atoms with Crippen LogP contribution in [0.15, 0.2) is 48.9 Å². The van der Waals surface area contributed by atoms with Crippen molar-refractivity contribution in [1.29, 1.82) is 0 Å². The first-order chi connectivity index (χ1) is 16.6. The largest absolute Gasteiger partial charge is 0.492 e. The number of hydrogen-bond donors (Lipinski definition) is 3. The molecule has 8 nitrogen and oxygen atoms in total. The number of hydrogen-bond acceptors (Lipinski definition) is 8. The van der Waals surface area contributed by atoms with Gasteiger partial charge in [-0.2, -0.15) is 0 Å². The van der Waals surface area contributed by atoms with Crippen LogP contribution in [0.25, 0.3) is 21.9 Å². The Kier molecular flexibility index (Phi) is 5.55. The molecule has 4 heterocycles. The van der Waals surface area contributed by atoms with E-state index in [1.807, 2.05) is 48.0 Å². The van der Waals surface area contributed by atoms with E-state index in [4.69, 9.17) is 9.72 Å². The monoisotopic (exact) mass is 477 g/mol. The lowest BCUT2D eigenvalue weighted by molar-refractivity contribution is 0.0128. The first kappa shape index (κ1) is 21.6. The fourth-order valence-electron chi connectivity index (χ4n) is 4.43. The van der Waals surface area contributed by atoms with E-state index in [1.54, 1.807) is 0 Å². The summed E-state index contributed by atoms with van der Waals surface area (Å²) in [5.74, 6) is 2.35. The van der Waals surface area contributed by atoms with E-state index in [9.17, 15) is 10.2 Å². The van der Waals surface area contributed by atoms with Crippen molar-refractivity contribution in [3.8, 4) is 5.75 Å². The van der Waals surface area contributed by atoms with Crippen LogP contribution in [-0.2, 0) is 0 Å². The molecule has 1 aromatic carbocycles. The van der Waals surface area contributed by atoms with E-state index in [2.05, 4.69) is 21.4 Å². The molecule has 6 rings (SSSR count). The van der Waals surface area contributed by atoms with E-state index >= 15 is 0 Å². The molecule has 0 unspecified atom stereocenters. The maximum absolute atomic E-state index is 10.8. The molecule has 3 aromatic heterocycles. The van der Waals surface area contributed by atoms with Crippen molar-refractivity contribution in [2.24, 2.45) is 5.92 Å². The van der Waals surface area contributed by atoms with Crippen LogP contribution in [0.1, 0.15) is 23.9 Å². The molecule has 3 N–H and O–H groups in total. The topological polar surface area (TPSA) is 105 Å². The maximum atomic E-state index is 10.8. The van der Waals surface area contributed by atoms with Crippen LogP contribution in [0, 0.1) is 12.8 Å². The van der Waals surface area contributed by atoms with Gasteiger partial charge in [0.15, 0.2) is 0 Å². The van der Waals surface area contributed by atoms with Gasteiger partial charge < -0.3 is 24.8 Å². The number of nitrogens with one attached hydrogen (secondary N) is 1.